The summed E-state index contributed by atoms with van der Waals surface area (Å²) in [7, 11) is 0. The van der Waals surface area contributed by atoms with Crippen LogP contribution in [0.15, 0.2) is 0 Å². The van der Waals surface area contributed by atoms with Gasteiger partial charge in [-0.1, -0.05) is 19.8 Å². The molecule has 0 aromatic heterocycles. The molecule has 0 radical (unpaired) electrons. The van der Waals surface area contributed by atoms with Gasteiger partial charge in [-0.3, -0.25) is 0 Å². The molecule has 0 spiro atoms. The van der Waals surface area contributed by atoms with E-state index in [9.17, 15) is 0 Å². The Morgan fingerprint density at radius 2 is 2.29 bits per heavy atom. The molecule has 84 valence electrons. The Kier molecular flexibility index (Phi) is 5.90. The lowest BCUT2D eigenvalue weighted by molar-refractivity contribution is 0.263. The molecule has 0 heterocycles. The smallest absolute Gasteiger partial charge is 0.0582 e. The summed E-state index contributed by atoms with van der Waals surface area (Å²) in [5.41, 5.74) is 5.65. The van der Waals surface area contributed by atoms with Crippen molar-refractivity contribution in [3.05, 3.63) is 0 Å². The maximum atomic E-state index is 8.78. The molecule has 1 rings (SSSR count). The lowest BCUT2D eigenvalue weighted by Gasteiger charge is -2.26. The quantitative estimate of drug-likeness (QED) is 0.740. The van der Waals surface area contributed by atoms with Gasteiger partial charge in [0, 0.05) is 11.3 Å². The third-order valence-corrected chi connectivity index (χ3v) is 4.34. The normalized spacial score (nSPS) is 30.2. The Hall–Kier alpha value is 0.270. The summed E-state index contributed by atoms with van der Waals surface area (Å²) in [5.74, 6) is 2.02. The van der Waals surface area contributed by atoms with Crippen LogP contribution in [0.25, 0.3) is 0 Å². The summed E-state index contributed by atoms with van der Waals surface area (Å²) in [6.45, 7) is 2.48. The molecule has 0 aliphatic heterocycles. The summed E-state index contributed by atoms with van der Waals surface area (Å²) >= 11 is 2.05. The van der Waals surface area contributed by atoms with E-state index in [1.165, 1.54) is 25.7 Å². The summed E-state index contributed by atoms with van der Waals surface area (Å²) < 4.78 is 0. The van der Waals surface area contributed by atoms with Crippen LogP contribution in [0.2, 0.25) is 0 Å². The minimum atomic E-state index is -0.0106. The second-order valence-electron chi connectivity index (χ2n) is 4.50. The van der Waals surface area contributed by atoms with E-state index in [-0.39, 0.29) is 12.6 Å². The first-order valence-electron chi connectivity index (χ1n) is 5.70. The molecule has 2 nitrogen and oxygen atoms in total. The highest BCUT2D eigenvalue weighted by Gasteiger charge is 2.18. The minimum Gasteiger partial charge on any atom is -0.395 e. The van der Waals surface area contributed by atoms with Gasteiger partial charge in [-0.15, -0.1) is 0 Å². The van der Waals surface area contributed by atoms with Gasteiger partial charge in [0.15, 0.2) is 0 Å². The number of hydrogen-bond donors (Lipinski definition) is 2. The first kappa shape index (κ1) is 12.3. The van der Waals surface area contributed by atoms with E-state index in [0.717, 1.165) is 23.3 Å². The molecule has 0 saturated heterocycles. The van der Waals surface area contributed by atoms with Crippen LogP contribution in [-0.2, 0) is 0 Å². The zero-order valence-corrected chi connectivity index (χ0v) is 9.93. The SMILES string of the molecule is CC1CCCC(SCCC(N)CO)C1. The Morgan fingerprint density at radius 1 is 1.50 bits per heavy atom. The fourth-order valence-corrected chi connectivity index (χ4v) is 3.58. The van der Waals surface area contributed by atoms with Crippen molar-refractivity contribution in [1.29, 1.82) is 0 Å². The highest BCUT2D eigenvalue weighted by atomic mass is 32.2. The average molecular weight is 217 g/mol. The number of thioether (sulfide) groups is 1. The Morgan fingerprint density at radius 3 is 2.93 bits per heavy atom. The molecule has 0 amide bonds. The third-order valence-electron chi connectivity index (χ3n) is 2.96. The monoisotopic (exact) mass is 217 g/mol. The highest BCUT2D eigenvalue weighted by molar-refractivity contribution is 7.99. The molecule has 0 aromatic carbocycles. The number of nitrogens with two attached hydrogens (primary N) is 1. The summed E-state index contributed by atoms with van der Waals surface area (Å²) in [4.78, 5) is 0. The Labute approximate surface area is 91.6 Å². The van der Waals surface area contributed by atoms with Crippen molar-refractivity contribution in [2.45, 2.75) is 50.3 Å². The standard InChI is InChI=1S/C11H23NOS/c1-9-3-2-4-11(7-9)14-6-5-10(12)8-13/h9-11,13H,2-8,12H2,1H3. The molecular formula is C11H23NOS. The van der Waals surface area contributed by atoms with Crippen LogP contribution in [0.3, 0.4) is 0 Å². The van der Waals surface area contributed by atoms with Crippen LogP contribution < -0.4 is 5.73 Å². The molecule has 1 saturated carbocycles. The van der Waals surface area contributed by atoms with E-state index in [1.807, 2.05) is 0 Å². The van der Waals surface area contributed by atoms with E-state index in [1.54, 1.807) is 0 Å². The van der Waals surface area contributed by atoms with Crippen molar-refractivity contribution in [3.63, 3.8) is 0 Å². The van der Waals surface area contributed by atoms with Crippen LogP contribution >= 0.6 is 11.8 Å². The number of rotatable bonds is 5. The van der Waals surface area contributed by atoms with Gasteiger partial charge in [-0.2, -0.15) is 11.8 Å². The molecular weight excluding hydrogens is 194 g/mol. The van der Waals surface area contributed by atoms with Crippen LogP contribution in [0, 0.1) is 5.92 Å². The molecule has 1 fully saturated rings. The fraction of sp³-hybridized carbons (Fsp3) is 1.00. The Bertz CT molecular complexity index is 154. The molecule has 3 N–H and O–H groups in total. The molecule has 3 atom stereocenters. The molecule has 0 aromatic rings. The largest absolute Gasteiger partial charge is 0.395 e. The van der Waals surface area contributed by atoms with Crippen LogP contribution in [0.5, 0.6) is 0 Å². The number of hydrogen-bond acceptors (Lipinski definition) is 3. The second kappa shape index (κ2) is 6.70. The van der Waals surface area contributed by atoms with Gasteiger partial charge in [-0.05, 0) is 30.9 Å². The first-order chi connectivity index (χ1) is 6.72. The zero-order chi connectivity index (χ0) is 10.4. The predicted octanol–water partition coefficient (Wildman–Crippen LogP) is 2.01. The van der Waals surface area contributed by atoms with Crippen LogP contribution in [-0.4, -0.2) is 28.8 Å². The van der Waals surface area contributed by atoms with Crippen molar-refractivity contribution >= 4 is 11.8 Å². The van der Waals surface area contributed by atoms with Crippen molar-refractivity contribution in [2.75, 3.05) is 12.4 Å². The van der Waals surface area contributed by atoms with E-state index >= 15 is 0 Å². The third kappa shape index (κ3) is 4.67. The van der Waals surface area contributed by atoms with Crippen LogP contribution in [0.1, 0.15) is 39.0 Å². The average Bonchev–Trinajstić information content (AvgIpc) is 2.17. The van der Waals surface area contributed by atoms with Gasteiger partial charge >= 0.3 is 0 Å². The summed E-state index contributed by atoms with van der Waals surface area (Å²) in [6, 6.07) is -0.0106. The minimum absolute atomic E-state index is 0.0106. The number of aliphatic hydroxyl groups excluding tert-OH is 1. The molecule has 14 heavy (non-hydrogen) atoms. The van der Waals surface area contributed by atoms with Gasteiger partial charge in [0.25, 0.3) is 0 Å². The Balaban J connectivity index is 2.05. The molecule has 3 unspecified atom stereocenters. The van der Waals surface area contributed by atoms with E-state index in [2.05, 4.69) is 18.7 Å². The molecule has 0 bridgehead atoms. The highest BCUT2D eigenvalue weighted by Crippen LogP contribution is 2.32. The maximum Gasteiger partial charge on any atom is 0.0582 e. The second-order valence-corrected chi connectivity index (χ2v) is 5.90. The lowest BCUT2D eigenvalue weighted by Crippen LogP contribution is -2.25. The topological polar surface area (TPSA) is 46.2 Å². The van der Waals surface area contributed by atoms with Crippen molar-refractivity contribution in [2.24, 2.45) is 11.7 Å². The van der Waals surface area contributed by atoms with Gasteiger partial charge in [-0.25, -0.2) is 0 Å². The molecule has 1 aliphatic rings. The fourth-order valence-electron chi connectivity index (χ4n) is 2.01. The predicted molar refractivity (Wildman–Crippen MR) is 63.6 cm³/mol. The van der Waals surface area contributed by atoms with Gasteiger partial charge < -0.3 is 10.8 Å². The van der Waals surface area contributed by atoms with Gasteiger partial charge in [0.1, 0.15) is 0 Å². The molecule has 1 aliphatic carbocycles. The van der Waals surface area contributed by atoms with E-state index in [0.29, 0.717) is 0 Å². The summed E-state index contributed by atoms with van der Waals surface area (Å²) in [5, 5.41) is 9.63. The molecule has 3 heteroatoms. The van der Waals surface area contributed by atoms with Gasteiger partial charge in [0.2, 0.25) is 0 Å². The van der Waals surface area contributed by atoms with Crippen molar-refractivity contribution < 1.29 is 5.11 Å². The number of aliphatic hydroxyl groups is 1. The first-order valence-corrected chi connectivity index (χ1v) is 6.75. The zero-order valence-electron chi connectivity index (χ0n) is 9.11. The van der Waals surface area contributed by atoms with Gasteiger partial charge in [0.05, 0.1) is 6.61 Å². The maximum absolute atomic E-state index is 8.78. The lowest BCUT2D eigenvalue weighted by atomic mass is 9.91. The van der Waals surface area contributed by atoms with E-state index in [4.69, 9.17) is 10.8 Å². The summed E-state index contributed by atoms with van der Waals surface area (Å²) in [6.07, 6.45) is 6.51. The van der Waals surface area contributed by atoms with Crippen molar-refractivity contribution in [1.82, 2.24) is 0 Å². The van der Waals surface area contributed by atoms with Crippen molar-refractivity contribution in [3.8, 4) is 0 Å². The van der Waals surface area contributed by atoms with Crippen LogP contribution in [0.4, 0.5) is 0 Å². The van der Waals surface area contributed by atoms with E-state index < -0.39 is 0 Å².